The van der Waals surface area contributed by atoms with Crippen molar-refractivity contribution < 1.29 is 28.2 Å². The first-order valence-corrected chi connectivity index (χ1v) is 14.9. The molecule has 42 heavy (non-hydrogen) atoms. The minimum atomic E-state index is -0.483. The van der Waals surface area contributed by atoms with Crippen molar-refractivity contribution in [2.45, 2.75) is 57.9 Å². The van der Waals surface area contributed by atoms with Crippen LogP contribution in [0, 0.1) is 11.7 Å². The van der Waals surface area contributed by atoms with Crippen LogP contribution < -0.4 is 14.8 Å². The Morgan fingerprint density at radius 2 is 2.00 bits per heavy atom. The maximum atomic E-state index is 13.7. The molecule has 0 radical (unpaired) electrons. The Morgan fingerprint density at radius 1 is 1.17 bits per heavy atom. The summed E-state index contributed by atoms with van der Waals surface area (Å²) >= 11 is 0. The number of halogens is 1. The molecule has 2 aromatic heterocycles. The van der Waals surface area contributed by atoms with E-state index in [0.29, 0.717) is 34.6 Å². The first-order valence-electron chi connectivity index (χ1n) is 14.9. The van der Waals surface area contributed by atoms with Crippen molar-refractivity contribution in [2.24, 2.45) is 5.92 Å². The molecule has 10 heteroatoms. The molecule has 2 saturated heterocycles. The van der Waals surface area contributed by atoms with E-state index in [1.54, 1.807) is 18.4 Å². The third-order valence-electron chi connectivity index (χ3n) is 8.75. The third-order valence-corrected chi connectivity index (χ3v) is 8.75. The monoisotopic (exact) mass is 578 g/mol. The number of hydrogen-bond donors (Lipinski definition) is 3. The Hall–Kier alpha value is -3.60. The summed E-state index contributed by atoms with van der Waals surface area (Å²) < 4.78 is 30.9. The molecule has 0 saturated carbocycles. The molecule has 0 aliphatic carbocycles. The molecule has 0 unspecified atom stereocenters. The van der Waals surface area contributed by atoms with Crippen LogP contribution in [-0.2, 0) is 6.61 Å². The fourth-order valence-electron chi connectivity index (χ4n) is 6.21. The van der Waals surface area contributed by atoms with Crippen molar-refractivity contribution in [1.29, 1.82) is 0 Å². The number of carbonyl (C=O) groups excluding carboxylic acids is 1. The molecule has 4 aromatic rings. The Bertz CT molecular complexity index is 1530. The average molecular weight is 579 g/mol. The van der Waals surface area contributed by atoms with Gasteiger partial charge in [0.05, 0.1) is 17.9 Å². The number of aromatic nitrogens is 1. The lowest BCUT2D eigenvalue weighted by Crippen LogP contribution is -2.52. The number of rotatable bonds is 8. The van der Waals surface area contributed by atoms with Gasteiger partial charge in [-0.2, -0.15) is 0 Å². The summed E-state index contributed by atoms with van der Waals surface area (Å²) in [6.07, 6.45) is 3.49. The zero-order chi connectivity index (χ0) is 29.2. The van der Waals surface area contributed by atoms with E-state index in [1.165, 1.54) is 12.1 Å². The van der Waals surface area contributed by atoms with Crippen LogP contribution in [0.1, 0.15) is 38.7 Å². The van der Waals surface area contributed by atoms with Crippen LogP contribution in [0.15, 0.2) is 53.1 Å². The van der Waals surface area contributed by atoms with Crippen molar-refractivity contribution >= 4 is 28.0 Å². The number of fused-ring (bicyclic) bond motifs is 2. The van der Waals surface area contributed by atoms with E-state index in [4.69, 9.17) is 13.9 Å². The van der Waals surface area contributed by atoms with Gasteiger partial charge in [-0.15, -0.1) is 0 Å². The van der Waals surface area contributed by atoms with Gasteiger partial charge in [-0.05, 0) is 62.4 Å². The number of nitrogens with zero attached hydrogens (tertiary/aromatic N) is 2. The predicted molar refractivity (Wildman–Crippen MR) is 158 cm³/mol. The Balaban J connectivity index is 0.992. The Morgan fingerprint density at radius 3 is 2.81 bits per heavy atom. The molecule has 3 atom stereocenters. The summed E-state index contributed by atoms with van der Waals surface area (Å²) in [5, 5.41) is 14.5. The van der Waals surface area contributed by atoms with Crippen LogP contribution in [0.25, 0.3) is 21.9 Å². The highest BCUT2D eigenvalue weighted by molar-refractivity contribution is 5.88. The topological polar surface area (TPSA) is 103 Å². The van der Waals surface area contributed by atoms with Crippen molar-refractivity contribution in [3.05, 3.63) is 60.1 Å². The highest BCUT2D eigenvalue weighted by Crippen LogP contribution is 2.31. The van der Waals surface area contributed by atoms with Gasteiger partial charge < -0.3 is 34.2 Å². The number of carbonyl (C=O) groups is 1. The molecular formula is C32H39FN4O5. The number of H-pyrrole nitrogens is 1. The molecule has 2 aliphatic heterocycles. The zero-order valence-electron chi connectivity index (χ0n) is 24.1. The predicted octanol–water partition coefficient (Wildman–Crippen LogP) is 5.28. The summed E-state index contributed by atoms with van der Waals surface area (Å²) in [5.74, 6) is 0.930. The first-order chi connectivity index (χ1) is 20.3. The number of benzene rings is 2. The first kappa shape index (κ1) is 28.5. The third kappa shape index (κ3) is 6.40. The van der Waals surface area contributed by atoms with Crippen LogP contribution in [-0.4, -0.2) is 76.9 Å². The van der Waals surface area contributed by atoms with E-state index in [0.717, 1.165) is 68.5 Å². The highest BCUT2D eigenvalue weighted by atomic mass is 19.1. The largest absolute Gasteiger partial charge is 0.488 e. The number of amides is 1. The number of likely N-dealkylation sites (tertiary alicyclic amines) is 2. The van der Waals surface area contributed by atoms with Gasteiger partial charge in [0, 0.05) is 67.2 Å². The van der Waals surface area contributed by atoms with Crippen LogP contribution >= 0.6 is 0 Å². The quantitative estimate of drug-likeness (QED) is 0.262. The smallest absolute Gasteiger partial charge is 0.414 e. The molecule has 4 heterocycles. The lowest BCUT2D eigenvalue weighted by molar-refractivity contribution is 0.0116. The van der Waals surface area contributed by atoms with Crippen molar-refractivity contribution in [1.82, 2.24) is 20.1 Å². The van der Waals surface area contributed by atoms with Gasteiger partial charge in [-0.25, -0.2) is 9.18 Å². The molecule has 224 valence electrons. The minimum Gasteiger partial charge on any atom is -0.488 e. The molecule has 1 amide bonds. The van der Waals surface area contributed by atoms with Crippen LogP contribution in [0.3, 0.4) is 0 Å². The molecular weight excluding hydrogens is 539 g/mol. The second kappa shape index (κ2) is 12.3. The van der Waals surface area contributed by atoms with Gasteiger partial charge in [0.25, 0.3) is 0 Å². The average Bonchev–Trinajstić information content (AvgIpc) is 3.57. The summed E-state index contributed by atoms with van der Waals surface area (Å²) in [7, 11) is 0. The number of aliphatic hydroxyl groups is 1. The molecule has 0 bridgehead atoms. The summed E-state index contributed by atoms with van der Waals surface area (Å²) in [6, 6.07) is 12.2. The number of furan rings is 1. The SMILES string of the molecule is C[C@H]1CN([C@@H](C)CN2CCC(NC(=O)Oc3cc4c(OCc5coc6ccc(F)cc56)cccc4[nH]3)CC2)CC[C@@H]1O. The number of aliphatic hydroxyl groups excluding tert-OH is 1. The lowest BCUT2D eigenvalue weighted by atomic mass is 9.95. The normalized spacial score (nSPS) is 21.5. The molecule has 2 aliphatic rings. The van der Waals surface area contributed by atoms with Gasteiger partial charge in [0.15, 0.2) is 0 Å². The van der Waals surface area contributed by atoms with Crippen molar-refractivity contribution in [2.75, 3.05) is 32.7 Å². The molecule has 3 N–H and O–H groups in total. The van der Waals surface area contributed by atoms with E-state index in [-0.39, 0.29) is 24.6 Å². The van der Waals surface area contributed by atoms with Crippen LogP contribution in [0.2, 0.25) is 0 Å². The van der Waals surface area contributed by atoms with E-state index >= 15 is 0 Å². The molecule has 6 rings (SSSR count). The van der Waals surface area contributed by atoms with Crippen molar-refractivity contribution in [3.8, 4) is 11.6 Å². The van der Waals surface area contributed by atoms with Gasteiger partial charge in [0.2, 0.25) is 5.88 Å². The lowest BCUT2D eigenvalue weighted by Gasteiger charge is -2.41. The summed E-state index contributed by atoms with van der Waals surface area (Å²) in [5.41, 5.74) is 2.12. The Kier molecular flexibility index (Phi) is 8.37. The molecule has 2 aromatic carbocycles. The fraction of sp³-hybridized carbons (Fsp3) is 0.469. The van der Waals surface area contributed by atoms with Gasteiger partial charge in [0.1, 0.15) is 23.8 Å². The van der Waals surface area contributed by atoms with E-state index in [9.17, 15) is 14.3 Å². The molecule has 0 spiro atoms. The second-order valence-corrected chi connectivity index (χ2v) is 11.8. The Labute approximate surface area is 244 Å². The maximum Gasteiger partial charge on any atom is 0.414 e. The molecule has 2 fully saturated rings. The van der Waals surface area contributed by atoms with Crippen LogP contribution in [0.5, 0.6) is 11.6 Å². The molecule has 9 nitrogen and oxygen atoms in total. The number of ether oxygens (including phenoxy) is 2. The number of aromatic amines is 1. The van der Waals surface area contributed by atoms with Gasteiger partial charge in [-0.3, -0.25) is 4.90 Å². The second-order valence-electron chi connectivity index (χ2n) is 11.8. The fourth-order valence-corrected chi connectivity index (χ4v) is 6.21. The zero-order valence-corrected chi connectivity index (χ0v) is 24.1. The van der Waals surface area contributed by atoms with Crippen molar-refractivity contribution in [3.63, 3.8) is 0 Å². The maximum absolute atomic E-state index is 13.7. The highest BCUT2D eigenvalue weighted by Gasteiger charge is 2.29. The van der Waals surface area contributed by atoms with Gasteiger partial charge >= 0.3 is 6.09 Å². The number of nitrogens with one attached hydrogen (secondary N) is 2. The summed E-state index contributed by atoms with van der Waals surface area (Å²) in [6.45, 7) is 9.32. The van der Waals surface area contributed by atoms with Crippen LogP contribution in [0.4, 0.5) is 9.18 Å². The number of piperidine rings is 2. The number of hydrogen-bond acceptors (Lipinski definition) is 7. The van der Waals surface area contributed by atoms with E-state index in [2.05, 4.69) is 33.9 Å². The van der Waals surface area contributed by atoms with E-state index in [1.807, 2.05) is 18.2 Å². The van der Waals surface area contributed by atoms with Gasteiger partial charge in [-0.1, -0.05) is 13.0 Å². The minimum absolute atomic E-state index is 0.0621. The standard InChI is InChI=1S/C32H39FN4O5/c1-20-16-37(13-10-28(20)38)21(2)17-36-11-8-24(9-12-36)34-32(39)42-31-15-26-27(35-31)4-3-5-29(26)40-18-22-19-41-30-7-6-23(33)14-25(22)30/h3-7,14-15,19-21,24,28,35,38H,8-13,16-18H2,1-2H3,(H,34,39)/t20-,21-,28-/m0/s1. The summed E-state index contributed by atoms with van der Waals surface area (Å²) in [4.78, 5) is 20.8. The van der Waals surface area contributed by atoms with E-state index < -0.39 is 6.09 Å².